The molecule has 8 nitrogen and oxygen atoms in total. The van der Waals surface area contributed by atoms with Crippen LogP contribution in [0.5, 0.6) is 11.5 Å². The number of aryl methyl sites for hydroxylation is 1. The number of fused-ring (bicyclic) bond motifs is 1. The number of benzene rings is 1. The van der Waals surface area contributed by atoms with E-state index in [1.54, 1.807) is 30.5 Å². The van der Waals surface area contributed by atoms with E-state index in [2.05, 4.69) is 22.9 Å². The Morgan fingerprint density at radius 2 is 1.89 bits per heavy atom. The fourth-order valence-electron chi connectivity index (χ4n) is 4.65. The lowest BCUT2D eigenvalue weighted by Crippen LogP contribution is -2.40. The van der Waals surface area contributed by atoms with Crippen molar-refractivity contribution in [3.8, 4) is 11.5 Å². The molecule has 1 saturated heterocycles. The molecule has 1 aromatic carbocycles. The zero-order valence-corrected chi connectivity index (χ0v) is 20.0. The second-order valence-electron chi connectivity index (χ2n) is 8.98. The Morgan fingerprint density at radius 3 is 2.66 bits per heavy atom. The van der Waals surface area contributed by atoms with Crippen molar-refractivity contribution < 1.29 is 23.5 Å². The number of piperidine rings is 1. The van der Waals surface area contributed by atoms with Gasteiger partial charge in [0.15, 0.2) is 11.5 Å². The number of hydrogen-bond acceptors (Lipinski definition) is 5. The fraction of sp³-hybridized carbons (Fsp3) is 0.333. The van der Waals surface area contributed by atoms with Crippen LogP contribution in [0.1, 0.15) is 35.6 Å². The highest BCUT2D eigenvalue weighted by Crippen LogP contribution is 2.34. The third kappa shape index (κ3) is 4.96. The maximum Gasteiger partial charge on any atom is 0.246 e. The van der Waals surface area contributed by atoms with Crippen molar-refractivity contribution in [2.45, 2.75) is 33.2 Å². The van der Waals surface area contributed by atoms with Crippen molar-refractivity contribution in [3.05, 3.63) is 71.4 Å². The summed E-state index contributed by atoms with van der Waals surface area (Å²) in [6, 6.07) is 11.3. The SMILES string of the molecule is Cc1cc(C=CC(=O)N2CCC(C(=O)Nc3ccc4c(c3)OCO4)CC2)c(C)n1Cc1ccco1. The van der Waals surface area contributed by atoms with Gasteiger partial charge in [0.05, 0.1) is 12.8 Å². The van der Waals surface area contributed by atoms with Crippen LogP contribution in [0.4, 0.5) is 5.69 Å². The van der Waals surface area contributed by atoms with E-state index < -0.39 is 0 Å². The molecule has 35 heavy (non-hydrogen) atoms. The normalized spacial score (nSPS) is 15.7. The van der Waals surface area contributed by atoms with Crippen LogP contribution in [0.3, 0.4) is 0 Å². The highest BCUT2D eigenvalue weighted by atomic mass is 16.7. The highest BCUT2D eigenvalue weighted by Gasteiger charge is 2.27. The van der Waals surface area contributed by atoms with E-state index >= 15 is 0 Å². The molecule has 0 aliphatic carbocycles. The summed E-state index contributed by atoms with van der Waals surface area (Å²) in [5, 5.41) is 2.96. The average molecular weight is 476 g/mol. The van der Waals surface area contributed by atoms with Gasteiger partial charge in [0, 0.05) is 48.2 Å². The number of amides is 2. The standard InChI is InChI=1S/C27H29N3O5/c1-18-14-21(19(2)30(18)16-23-4-3-13-33-23)5-8-26(31)29-11-9-20(10-12-29)27(32)28-22-6-7-24-25(15-22)35-17-34-24/h3-8,13-15,20H,9-12,16-17H2,1-2H3,(H,28,32). The maximum atomic E-state index is 12.8. The number of furan rings is 1. The lowest BCUT2D eigenvalue weighted by molar-refractivity contribution is -0.130. The van der Waals surface area contributed by atoms with E-state index in [1.807, 2.05) is 30.0 Å². The molecule has 5 rings (SSSR count). The van der Waals surface area contributed by atoms with Crippen LogP contribution in [0, 0.1) is 19.8 Å². The minimum atomic E-state index is -0.131. The molecule has 8 heteroatoms. The van der Waals surface area contributed by atoms with Crippen LogP contribution in [0.15, 0.2) is 53.2 Å². The molecule has 0 unspecified atom stereocenters. The van der Waals surface area contributed by atoms with Crippen molar-refractivity contribution in [3.63, 3.8) is 0 Å². The van der Waals surface area contributed by atoms with E-state index in [0.29, 0.717) is 49.7 Å². The van der Waals surface area contributed by atoms with Crippen LogP contribution in [-0.2, 0) is 16.1 Å². The molecular formula is C27H29N3O5. The predicted molar refractivity (Wildman–Crippen MR) is 131 cm³/mol. The molecule has 2 aromatic heterocycles. The van der Waals surface area contributed by atoms with Crippen molar-refractivity contribution in [1.29, 1.82) is 0 Å². The number of anilines is 1. The number of ether oxygens (including phenoxy) is 2. The molecule has 182 valence electrons. The first kappa shape index (κ1) is 22.8. The molecule has 0 saturated carbocycles. The summed E-state index contributed by atoms with van der Waals surface area (Å²) < 4.78 is 18.3. The van der Waals surface area contributed by atoms with Gasteiger partial charge in [0.25, 0.3) is 0 Å². The molecule has 1 fully saturated rings. The zero-order valence-electron chi connectivity index (χ0n) is 20.0. The Kier molecular flexibility index (Phi) is 6.35. The first-order valence-corrected chi connectivity index (χ1v) is 11.8. The molecule has 2 amide bonds. The van der Waals surface area contributed by atoms with E-state index in [0.717, 1.165) is 22.7 Å². The fourth-order valence-corrected chi connectivity index (χ4v) is 4.65. The van der Waals surface area contributed by atoms with Crippen molar-refractivity contribution >= 4 is 23.6 Å². The summed E-state index contributed by atoms with van der Waals surface area (Å²) in [7, 11) is 0. The molecule has 2 aliphatic rings. The monoisotopic (exact) mass is 475 g/mol. The van der Waals surface area contributed by atoms with Crippen molar-refractivity contribution in [1.82, 2.24) is 9.47 Å². The molecule has 0 radical (unpaired) electrons. The van der Waals surface area contributed by atoms with Gasteiger partial charge in [-0.3, -0.25) is 9.59 Å². The third-order valence-electron chi connectivity index (χ3n) is 6.73. The van der Waals surface area contributed by atoms with E-state index in [-0.39, 0.29) is 24.5 Å². The number of nitrogens with one attached hydrogen (secondary N) is 1. The van der Waals surface area contributed by atoms with Gasteiger partial charge < -0.3 is 28.7 Å². The maximum absolute atomic E-state index is 12.8. The summed E-state index contributed by atoms with van der Waals surface area (Å²) in [5.74, 6) is 2.02. The average Bonchev–Trinajstić information content (AvgIpc) is 3.60. The summed E-state index contributed by atoms with van der Waals surface area (Å²) in [5.41, 5.74) is 3.90. The van der Waals surface area contributed by atoms with E-state index in [1.165, 1.54) is 0 Å². The van der Waals surface area contributed by atoms with E-state index in [9.17, 15) is 9.59 Å². The van der Waals surface area contributed by atoms with Gasteiger partial charge in [-0.25, -0.2) is 0 Å². The minimum Gasteiger partial charge on any atom is -0.467 e. The van der Waals surface area contributed by atoms with Crippen LogP contribution in [0.25, 0.3) is 6.08 Å². The third-order valence-corrected chi connectivity index (χ3v) is 6.73. The number of carbonyl (C=O) groups is 2. The highest BCUT2D eigenvalue weighted by molar-refractivity contribution is 5.94. The second kappa shape index (κ2) is 9.74. The lowest BCUT2D eigenvalue weighted by atomic mass is 9.95. The van der Waals surface area contributed by atoms with Crippen LogP contribution in [-0.4, -0.2) is 41.2 Å². The first-order chi connectivity index (χ1) is 17.0. The molecule has 4 heterocycles. The van der Waals surface area contributed by atoms with Crippen molar-refractivity contribution in [2.24, 2.45) is 5.92 Å². The number of likely N-dealkylation sites (tertiary alicyclic amines) is 1. The largest absolute Gasteiger partial charge is 0.467 e. The zero-order chi connectivity index (χ0) is 24.4. The van der Waals surface area contributed by atoms with Crippen LogP contribution < -0.4 is 14.8 Å². The number of nitrogens with zero attached hydrogens (tertiary/aromatic N) is 2. The summed E-state index contributed by atoms with van der Waals surface area (Å²) in [4.78, 5) is 27.3. The smallest absolute Gasteiger partial charge is 0.246 e. The molecule has 0 spiro atoms. The minimum absolute atomic E-state index is 0.0319. The molecule has 2 aliphatic heterocycles. The molecule has 3 aromatic rings. The second-order valence-corrected chi connectivity index (χ2v) is 8.98. The van der Waals surface area contributed by atoms with Gasteiger partial charge in [-0.1, -0.05) is 0 Å². The van der Waals surface area contributed by atoms with Gasteiger partial charge in [0.1, 0.15) is 5.76 Å². The number of hydrogen-bond donors (Lipinski definition) is 1. The Balaban J connectivity index is 1.14. The molecule has 0 atom stereocenters. The Morgan fingerprint density at radius 1 is 1.09 bits per heavy atom. The predicted octanol–water partition coefficient (Wildman–Crippen LogP) is 4.37. The van der Waals surface area contributed by atoms with Gasteiger partial charge >= 0.3 is 0 Å². The quantitative estimate of drug-likeness (QED) is 0.535. The number of rotatable bonds is 6. The van der Waals surface area contributed by atoms with Crippen LogP contribution in [0.2, 0.25) is 0 Å². The molecular weight excluding hydrogens is 446 g/mol. The van der Waals surface area contributed by atoms with Gasteiger partial charge in [-0.2, -0.15) is 0 Å². The van der Waals surface area contributed by atoms with Gasteiger partial charge in [-0.05, 0) is 68.7 Å². The van der Waals surface area contributed by atoms with Gasteiger partial charge in [0.2, 0.25) is 18.6 Å². The Bertz CT molecular complexity index is 1250. The Labute approximate surface area is 204 Å². The summed E-state index contributed by atoms with van der Waals surface area (Å²) >= 11 is 0. The molecule has 0 bridgehead atoms. The van der Waals surface area contributed by atoms with Crippen molar-refractivity contribution in [2.75, 3.05) is 25.2 Å². The van der Waals surface area contributed by atoms with Gasteiger partial charge in [-0.15, -0.1) is 0 Å². The molecule has 1 N–H and O–H groups in total. The number of aromatic nitrogens is 1. The van der Waals surface area contributed by atoms with Crippen LogP contribution >= 0.6 is 0 Å². The first-order valence-electron chi connectivity index (χ1n) is 11.8. The Hall–Kier alpha value is -3.94. The summed E-state index contributed by atoms with van der Waals surface area (Å²) in [6.45, 7) is 6.07. The van der Waals surface area contributed by atoms with E-state index in [4.69, 9.17) is 13.9 Å². The summed E-state index contributed by atoms with van der Waals surface area (Å²) in [6.07, 6.45) is 6.45. The lowest BCUT2D eigenvalue weighted by Gasteiger charge is -2.30. The number of carbonyl (C=O) groups excluding carboxylic acids is 2. The topological polar surface area (TPSA) is 85.9 Å².